The second-order valence-electron chi connectivity index (χ2n) is 8.32. The van der Waals surface area contributed by atoms with Crippen LogP contribution in [0.2, 0.25) is 0 Å². The monoisotopic (exact) mass is 363 g/mol. The zero-order chi connectivity index (χ0) is 18.3. The van der Waals surface area contributed by atoms with E-state index in [1.807, 2.05) is 0 Å². The summed E-state index contributed by atoms with van der Waals surface area (Å²) in [5, 5.41) is 5.23. The van der Waals surface area contributed by atoms with Crippen LogP contribution in [0.15, 0.2) is 0 Å². The van der Waals surface area contributed by atoms with Gasteiger partial charge in [-0.15, -0.1) is 0 Å². The van der Waals surface area contributed by atoms with Gasteiger partial charge in [0, 0.05) is 18.5 Å². The Hall–Kier alpha value is -2.12. The second kappa shape index (κ2) is 6.55. The number of hydrogen-bond donors (Lipinski definition) is 2. The number of esters is 1. The van der Waals surface area contributed by atoms with Gasteiger partial charge < -0.3 is 15.4 Å². The van der Waals surface area contributed by atoms with Gasteiger partial charge in [0.15, 0.2) is 6.61 Å². The minimum atomic E-state index is -0.656. The summed E-state index contributed by atoms with van der Waals surface area (Å²) in [6, 6.07) is -0.471. The van der Waals surface area contributed by atoms with Gasteiger partial charge in [-0.1, -0.05) is 0 Å². The molecule has 4 bridgehead atoms. The van der Waals surface area contributed by atoms with Crippen molar-refractivity contribution in [3.63, 3.8) is 0 Å². The van der Waals surface area contributed by atoms with E-state index in [-0.39, 0.29) is 24.4 Å². The Morgan fingerprint density at radius 1 is 1.12 bits per heavy atom. The van der Waals surface area contributed by atoms with Gasteiger partial charge in [0.25, 0.3) is 5.91 Å². The highest BCUT2D eigenvalue weighted by Gasteiger charge is 2.54. The van der Waals surface area contributed by atoms with Crippen molar-refractivity contribution in [2.24, 2.45) is 23.2 Å². The van der Waals surface area contributed by atoms with Crippen molar-refractivity contribution in [2.45, 2.75) is 38.5 Å². The first-order valence-corrected chi connectivity index (χ1v) is 9.47. The molecular formula is C18H25N3O5. The normalized spacial score (nSPS) is 34.5. The molecule has 4 saturated carbocycles. The highest BCUT2D eigenvalue weighted by atomic mass is 16.5. The summed E-state index contributed by atoms with van der Waals surface area (Å²) in [5.41, 5.74) is -0.307. The molecule has 5 aliphatic rings. The number of carbonyl (C=O) groups is 4. The van der Waals surface area contributed by atoms with Crippen LogP contribution in [0.1, 0.15) is 38.5 Å². The number of rotatable bonds is 5. The van der Waals surface area contributed by atoms with Crippen molar-refractivity contribution in [3.8, 4) is 0 Å². The van der Waals surface area contributed by atoms with Gasteiger partial charge in [-0.2, -0.15) is 0 Å². The number of imide groups is 1. The number of nitrogens with zero attached hydrogens (tertiary/aromatic N) is 1. The van der Waals surface area contributed by atoms with Crippen LogP contribution in [-0.2, 0) is 19.1 Å². The van der Waals surface area contributed by atoms with Crippen LogP contribution >= 0.6 is 0 Å². The molecule has 1 aliphatic heterocycles. The van der Waals surface area contributed by atoms with Crippen LogP contribution in [0.25, 0.3) is 0 Å². The van der Waals surface area contributed by atoms with E-state index in [1.165, 1.54) is 19.3 Å². The molecule has 1 heterocycles. The smallest absolute Gasteiger partial charge is 0.325 e. The van der Waals surface area contributed by atoms with Gasteiger partial charge in [-0.3, -0.25) is 19.3 Å². The number of amides is 4. The summed E-state index contributed by atoms with van der Waals surface area (Å²) in [7, 11) is 0. The third-order valence-electron chi connectivity index (χ3n) is 6.43. The molecule has 26 heavy (non-hydrogen) atoms. The lowest BCUT2D eigenvalue weighted by molar-refractivity contribution is -0.153. The summed E-state index contributed by atoms with van der Waals surface area (Å²) in [6.07, 6.45) is 6.55. The molecule has 5 fully saturated rings. The fourth-order valence-corrected chi connectivity index (χ4v) is 5.71. The second-order valence-corrected chi connectivity index (χ2v) is 8.32. The summed E-state index contributed by atoms with van der Waals surface area (Å²) >= 11 is 0. The minimum Gasteiger partial charge on any atom is -0.454 e. The van der Waals surface area contributed by atoms with E-state index in [0.717, 1.165) is 24.2 Å². The van der Waals surface area contributed by atoms with E-state index >= 15 is 0 Å². The van der Waals surface area contributed by atoms with Gasteiger partial charge in [0.2, 0.25) is 5.91 Å². The van der Waals surface area contributed by atoms with Gasteiger partial charge in [0.1, 0.15) is 6.54 Å². The fourth-order valence-electron chi connectivity index (χ4n) is 5.71. The van der Waals surface area contributed by atoms with Gasteiger partial charge >= 0.3 is 12.0 Å². The highest BCUT2D eigenvalue weighted by Crippen LogP contribution is 2.60. The Morgan fingerprint density at radius 3 is 2.27 bits per heavy atom. The van der Waals surface area contributed by atoms with Crippen LogP contribution in [0.3, 0.4) is 0 Å². The van der Waals surface area contributed by atoms with Crippen molar-refractivity contribution < 1.29 is 23.9 Å². The summed E-state index contributed by atoms with van der Waals surface area (Å²) in [6.45, 7) is -0.0445. The molecule has 5 rings (SSSR count). The lowest BCUT2D eigenvalue weighted by Gasteiger charge is -2.55. The molecule has 1 saturated heterocycles. The third kappa shape index (κ3) is 3.17. The number of nitrogens with one attached hydrogen (secondary N) is 2. The number of hydrogen-bond acceptors (Lipinski definition) is 5. The first-order valence-electron chi connectivity index (χ1n) is 9.47. The SMILES string of the molecule is O=C(CNC(=O)C12CC3CC(CC(C3)C1)C2)OCC(=O)N1CCNC1=O. The first kappa shape index (κ1) is 17.3. The summed E-state index contributed by atoms with van der Waals surface area (Å²) in [5.74, 6) is 0.713. The van der Waals surface area contributed by atoms with E-state index < -0.39 is 24.5 Å². The molecule has 0 atom stereocenters. The molecule has 0 spiro atoms. The highest BCUT2D eigenvalue weighted by molar-refractivity contribution is 5.97. The maximum absolute atomic E-state index is 12.7. The molecule has 142 valence electrons. The lowest BCUT2D eigenvalue weighted by Crippen LogP contribution is -2.54. The maximum atomic E-state index is 12.7. The van der Waals surface area contributed by atoms with E-state index in [4.69, 9.17) is 4.74 Å². The molecule has 8 heteroatoms. The number of ether oxygens (including phenoxy) is 1. The molecule has 0 aromatic rings. The topological polar surface area (TPSA) is 105 Å². The average Bonchev–Trinajstić information content (AvgIpc) is 3.02. The standard InChI is InChI=1S/C18H25N3O5/c22-14(21-2-1-19-17(21)25)10-26-15(23)9-20-16(24)18-6-11-3-12(7-18)5-13(4-11)8-18/h11-13H,1-10H2,(H,19,25)(H,20,24). The molecule has 0 aromatic carbocycles. The quantitative estimate of drug-likeness (QED) is 0.689. The zero-order valence-corrected chi connectivity index (χ0v) is 14.8. The molecular weight excluding hydrogens is 338 g/mol. The molecule has 4 amide bonds. The lowest BCUT2D eigenvalue weighted by atomic mass is 9.49. The largest absolute Gasteiger partial charge is 0.454 e. The molecule has 4 aliphatic carbocycles. The molecule has 0 radical (unpaired) electrons. The van der Waals surface area contributed by atoms with Crippen LogP contribution in [-0.4, -0.2) is 55.0 Å². The number of urea groups is 1. The van der Waals surface area contributed by atoms with Crippen molar-refractivity contribution >= 4 is 23.8 Å². The predicted octanol–water partition coefficient (Wildman–Crippen LogP) is 0.414. The molecule has 0 aromatic heterocycles. The predicted molar refractivity (Wildman–Crippen MR) is 89.7 cm³/mol. The van der Waals surface area contributed by atoms with E-state index in [2.05, 4.69) is 10.6 Å². The first-order chi connectivity index (χ1) is 12.4. The minimum absolute atomic E-state index is 0.0428. The molecule has 0 unspecified atom stereocenters. The van der Waals surface area contributed by atoms with Crippen molar-refractivity contribution in [2.75, 3.05) is 26.2 Å². The number of carbonyl (C=O) groups excluding carboxylic acids is 4. The Balaban J connectivity index is 1.24. The van der Waals surface area contributed by atoms with E-state index in [1.54, 1.807) is 0 Å². The molecule has 2 N–H and O–H groups in total. The van der Waals surface area contributed by atoms with Crippen LogP contribution in [0.5, 0.6) is 0 Å². The third-order valence-corrected chi connectivity index (χ3v) is 6.43. The Bertz CT molecular complexity index is 611. The molecule has 8 nitrogen and oxygen atoms in total. The zero-order valence-electron chi connectivity index (χ0n) is 14.8. The van der Waals surface area contributed by atoms with Gasteiger partial charge in [-0.05, 0) is 56.3 Å². The Kier molecular flexibility index (Phi) is 4.36. The van der Waals surface area contributed by atoms with Crippen LogP contribution < -0.4 is 10.6 Å². The summed E-state index contributed by atoms with van der Waals surface area (Å²) in [4.78, 5) is 48.8. The van der Waals surface area contributed by atoms with E-state index in [0.29, 0.717) is 24.3 Å². The van der Waals surface area contributed by atoms with Crippen molar-refractivity contribution in [1.82, 2.24) is 15.5 Å². The van der Waals surface area contributed by atoms with E-state index in [9.17, 15) is 19.2 Å². The Morgan fingerprint density at radius 2 is 1.73 bits per heavy atom. The average molecular weight is 363 g/mol. The Labute approximate surface area is 152 Å². The van der Waals surface area contributed by atoms with Crippen LogP contribution in [0, 0.1) is 23.2 Å². The van der Waals surface area contributed by atoms with Crippen LogP contribution in [0.4, 0.5) is 4.79 Å². The van der Waals surface area contributed by atoms with Crippen molar-refractivity contribution in [3.05, 3.63) is 0 Å². The van der Waals surface area contributed by atoms with Gasteiger partial charge in [0.05, 0.1) is 0 Å². The summed E-state index contributed by atoms with van der Waals surface area (Å²) < 4.78 is 4.91. The van der Waals surface area contributed by atoms with Gasteiger partial charge in [-0.25, -0.2) is 4.79 Å². The van der Waals surface area contributed by atoms with Crippen molar-refractivity contribution in [1.29, 1.82) is 0 Å². The fraction of sp³-hybridized carbons (Fsp3) is 0.778. The maximum Gasteiger partial charge on any atom is 0.325 e.